The lowest BCUT2D eigenvalue weighted by Crippen LogP contribution is -2.43. The van der Waals surface area contributed by atoms with Crippen molar-refractivity contribution in [1.82, 2.24) is 0 Å². The molecule has 0 saturated carbocycles. The van der Waals surface area contributed by atoms with Crippen LogP contribution in [0.2, 0.25) is 0 Å². The summed E-state index contributed by atoms with van der Waals surface area (Å²) in [5.41, 5.74) is -0.821. The van der Waals surface area contributed by atoms with Crippen LogP contribution in [0.5, 0.6) is 0 Å². The SMILES string of the molecule is CCCCCCCCCCCCC(CC)C(=S)OCC(CO)(COC(=S)C(CC)CCCCCCCCCCCC)COC(=S)C(CC)CCCCCCCCCCCC. The Hall–Kier alpha value is -0.370. The lowest BCUT2D eigenvalue weighted by atomic mass is 9.91. The Balaban J connectivity index is 5.27. The lowest BCUT2D eigenvalue weighted by molar-refractivity contribution is -0.0234. The Labute approximate surface area is 391 Å². The average Bonchev–Trinajstić information content (AvgIpc) is 3.26. The minimum absolute atomic E-state index is 0.152. The molecule has 0 aromatic rings. The fourth-order valence-electron chi connectivity index (χ4n) is 8.39. The van der Waals surface area contributed by atoms with Crippen molar-refractivity contribution in [2.75, 3.05) is 26.4 Å². The van der Waals surface area contributed by atoms with Crippen LogP contribution in [-0.2, 0) is 14.2 Å². The second-order valence-corrected chi connectivity index (χ2v) is 19.9. The molecule has 7 heteroatoms. The Kier molecular flexibility index (Phi) is 43.6. The molecule has 1 N–H and O–H groups in total. The van der Waals surface area contributed by atoms with Gasteiger partial charge in [0.1, 0.15) is 19.8 Å². The molecule has 0 aromatic carbocycles. The first kappa shape index (κ1) is 59.6. The van der Waals surface area contributed by atoms with Crippen LogP contribution in [0, 0.1) is 23.2 Å². The maximum absolute atomic E-state index is 11.0. The molecule has 0 rings (SSSR count). The maximum Gasteiger partial charge on any atom is 0.162 e. The molecule has 0 aromatic heterocycles. The summed E-state index contributed by atoms with van der Waals surface area (Å²) in [6.07, 6.45) is 45.8. The van der Waals surface area contributed by atoms with E-state index in [0.717, 1.165) is 38.5 Å². The minimum Gasteiger partial charge on any atom is -0.486 e. The van der Waals surface area contributed by atoms with Crippen molar-refractivity contribution in [3.05, 3.63) is 0 Å². The van der Waals surface area contributed by atoms with Crippen LogP contribution in [0.4, 0.5) is 0 Å². The second kappa shape index (κ2) is 43.9. The summed E-state index contributed by atoms with van der Waals surface area (Å²) in [6, 6.07) is 0. The molecule has 0 heterocycles. The van der Waals surface area contributed by atoms with Crippen LogP contribution < -0.4 is 0 Å². The molecule has 4 nitrogen and oxygen atoms in total. The Morgan fingerprint density at radius 1 is 0.350 bits per heavy atom. The van der Waals surface area contributed by atoms with Crippen LogP contribution in [0.3, 0.4) is 0 Å². The highest BCUT2D eigenvalue weighted by Crippen LogP contribution is 2.27. The van der Waals surface area contributed by atoms with Gasteiger partial charge in [0.25, 0.3) is 0 Å². The second-order valence-electron chi connectivity index (χ2n) is 18.7. The van der Waals surface area contributed by atoms with E-state index in [1.165, 1.54) is 193 Å². The Morgan fingerprint density at radius 2 is 0.550 bits per heavy atom. The average molecular weight is 900 g/mol. The summed E-state index contributed by atoms with van der Waals surface area (Å²) in [5.74, 6) is 0.682. The van der Waals surface area contributed by atoms with Gasteiger partial charge in [-0.1, -0.05) is 234 Å². The molecule has 60 heavy (non-hydrogen) atoms. The number of aliphatic hydroxyl groups is 1. The third kappa shape index (κ3) is 33.2. The predicted molar refractivity (Wildman–Crippen MR) is 276 cm³/mol. The van der Waals surface area contributed by atoms with Crippen molar-refractivity contribution >= 4 is 51.8 Å². The van der Waals surface area contributed by atoms with Crippen LogP contribution in [-0.4, -0.2) is 46.7 Å². The van der Waals surface area contributed by atoms with Crippen LogP contribution in [0.15, 0.2) is 0 Å². The zero-order valence-corrected chi connectivity index (χ0v) is 43.4. The largest absolute Gasteiger partial charge is 0.486 e. The molecule has 0 aliphatic carbocycles. The van der Waals surface area contributed by atoms with Gasteiger partial charge in [-0.15, -0.1) is 0 Å². The molecule has 0 radical (unpaired) electrons. The molecule has 3 unspecified atom stereocenters. The molecular formula is C53H102O4S3. The number of rotatable bonds is 46. The van der Waals surface area contributed by atoms with E-state index in [9.17, 15) is 5.11 Å². The van der Waals surface area contributed by atoms with Gasteiger partial charge >= 0.3 is 0 Å². The highest BCUT2D eigenvalue weighted by atomic mass is 32.1. The molecule has 0 saturated heterocycles. The van der Waals surface area contributed by atoms with Gasteiger partial charge in [-0.05, 0) is 75.2 Å². The van der Waals surface area contributed by atoms with Crippen molar-refractivity contribution in [3.8, 4) is 0 Å². The predicted octanol–water partition coefficient (Wildman–Crippen LogP) is 18.0. The summed E-state index contributed by atoms with van der Waals surface area (Å²) in [5, 5.41) is 13.0. The molecule has 0 aliphatic heterocycles. The standard InChI is InChI=1S/C53H102O4S3/c1-7-13-16-19-22-25-28-31-34-37-40-47(10-4)50(58)55-44-53(43-54,45-56-51(59)48(11-5)41-38-35-32-29-26-23-20-17-14-8-2)46-57-52(60)49(12-6)42-39-36-33-30-27-24-21-18-15-9-3/h47-49,54H,7-46H2,1-6H3. The molecular weight excluding hydrogens is 797 g/mol. The number of unbranched alkanes of at least 4 members (excludes halogenated alkanes) is 27. The monoisotopic (exact) mass is 899 g/mol. The van der Waals surface area contributed by atoms with E-state index >= 15 is 0 Å². The molecule has 0 bridgehead atoms. The first-order valence-corrected chi connectivity index (χ1v) is 27.6. The summed E-state index contributed by atoms with van der Waals surface area (Å²) in [6.45, 7) is 14.0. The van der Waals surface area contributed by atoms with E-state index in [2.05, 4.69) is 41.5 Å². The summed E-state index contributed by atoms with van der Waals surface area (Å²) >= 11 is 17.8. The fraction of sp³-hybridized carbons (Fsp3) is 0.943. The molecule has 0 spiro atoms. The van der Waals surface area contributed by atoms with Gasteiger partial charge in [-0.3, -0.25) is 0 Å². The summed E-state index contributed by atoms with van der Waals surface area (Å²) in [7, 11) is 0. The van der Waals surface area contributed by atoms with E-state index in [1.54, 1.807) is 0 Å². The number of ether oxygens (including phenoxy) is 3. The normalized spacial score (nSPS) is 14.1. The van der Waals surface area contributed by atoms with Gasteiger partial charge in [0.05, 0.1) is 12.0 Å². The van der Waals surface area contributed by atoms with E-state index < -0.39 is 5.41 Å². The van der Waals surface area contributed by atoms with Crippen LogP contribution in [0.1, 0.15) is 273 Å². The quantitative estimate of drug-likeness (QED) is 0.0482. The smallest absolute Gasteiger partial charge is 0.162 e. The fourth-order valence-corrected chi connectivity index (χ4v) is 9.42. The number of aliphatic hydroxyl groups excluding tert-OH is 1. The lowest BCUT2D eigenvalue weighted by Gasteiger charge is -2.33. The molecule has 0 aliphatic rings. The highest BCUT2D eigenvalue weighted by molar-refractivity contribution is 7.80. The van der Waals surface area contributed by atoms with Crippen molar-refractivity contribution in [2.45, 2.75) is 273 Å². The Morgan fingerprint density at radius 3 is 0.733 bits per heavy atom. The van der Waals surface area contributed by atoms with Crippen molar-refractivity contribution in [3.63, 3.8) is 0 Å². The van der Waals surface area contributed by atoms with Gasteiger partial charge < -0.3 is 19.3 Å². The van der Waals surface area contributed by atoms with Crippen molar-refractivity contribution in [2.24, 2.45) is 23.2 Å². The number of thiocarbonyl (C=S) groups is 3. The van der Waals surface area contributed by atoms with E-state index in [4.69, 9.17) is 50.9 Å². The van der Waals surface area contributed by atoms with Gasteiger partial charge in [-0.25, -0.2) is 0 Å². The minimum atomic E-state index is -0.821. The third-order valence-electron chi connectivity index (χ3n) is 13.1. The van der Waals surface area contributed by atoms with Gasteiger partial charge in [0.15, 0.2) is 15.2 Å². The van der Waals surface area contributed by atoms with Gasteiger partial charge in [0.2, 0.25) is 0 Å². The highest BCUT2D eigenvalue weighted by Gasteiger charge is 2.36. The van der Waals surface area contributed by atoms with Gasteiger partial charge in [-0.2, -0.15) is 0 Å². The van der Waals surface area contributed by atoms with E-state index in [1.807, 2.05) is 0 Å². The van der Waals surface area contributed by atoms with Crippen LogP contribution >= 0.6 is 36.7 Å². The molecule has 0 amide bonds. The maximum atomic E-state index is 11.0. The topological polar surface area (TPSA) is 47.9 Å². The first-order valence-electron chi connectivity index (χ1n) is 26.4. The zero-order valence-electron chi connectivity index (χ0n) is 40.9. The van der Waals surface area contributed by atoms with Crippen molar-refractivity contribution in [1.29, 1.82) is 0 Å². The van der Waals surface area contributed by atoms with Crippen molar-refractivity contribution < 1.29 is 19.3 Å². The van der Waals surface area contributed by atoms with E-state index in [-0.39, 0.29) is 44.2 Å². The first-order chi connectivity index (χ1) is 29.3. The number of hydrogen-bond acceptors (Lipinski definition) is 7. The number of hydrogen-bond donors (Lipinski definition) is 1. The molecule has 3 atom stereocenters. The molecule has 356 valence electrons. The van der Waals surface area contributed by atoms with E-state index in [0.29, 0.717) is 15.2 Å². The summed E-state index contributed by atoms with van der Waals surface area (Å²) in [4.78, 5) is 0. The van der Waals surface area contributed by atoms with Crippen LogP contribution in [0.25, 0.3) is 0 Å². The van der Waals surface area contributed by atoms with Gasteiger partial charge in [0, 0.05) is 17.8 Å². The zero-order chi connectivity index (χ0) is 44.4. The Bertz CT molecular complexity index is 857. The third-order valence-corrected chi connectivity index (χ3v) is 14.4. The summed E-state index contributed by atoms with van der Waals surface area (Å²) < 4.78 is 19.3. The molecule has 0 fully saturated rings.